The van der Waals surface area contributed by atoms with E-state index in [4.69, 9.17) is 9.47 Å². The van der Waals surface area contributed by atoms with E-state index < -0.39 is 24.6 Å². The Balaban J connectivity index is 1.92. The Kier molecular flexibility index (Phi) is 7.17. The molecule has 2 aromatic carbocycles. The second-order valence-electron chi connectivity index (χ2n) is 5.12. The standard InChI is InChI=1S/C19H19NO6/c1-2-24-19(23)20-17(21)13-26-18(22)15-10-6-7-11-16(15)25-12-14-8-4-3-5-9-14/h3-11H,2,12-13H2,1H3,(H,20,21,23). The molecule has 0 aliphatic heterocycles. The molecule has 0 unspecified atom stereocenters. The molecule has 0 heterocycles. The number of hydrogen-bond donors (Lipinski definition) is 1. The molecule has 0 bridgehead atoms. The van der Waals surface area contributed by atoms with Crippen LogP contribution in [0.2, 0.25) is 0 Å². The molecule has 26 heavy (non-hydrogen) atoms. The second kappa shape index (κ2) is 9.83. The second-order valence-corrected chi connectivity index (χ2v) is 5.12. The summed E-state index contributed by atoms with van der Waals surface area (Å²) in [6.45, 7) is 1.42. The van der Waals surface area contributed by atoms with E-state index in [-0.39, 0.29) is 18.8 Å². The zero-order valence-electron chi connectivity index (χ0n) is 14.3. The Labute approximate surface area is 150 Å². The predicted molar refractivity (Wildman–Crippen MR) is 92.7 cm³/mol. The lowest BCUT2D eigenvalue weighted by Crippen LogP contribution is -2.34. The number of esters is 1. The summed E-state index contributed by atoms with van der Waals surface area (Å²) in [6, 6.07) is 16.0. The number of para-hydroxylation sites is 1. The first-order valence-electron chi connectivity index (χ1n) is 7.99. The number of hydrogen-bond acceptors (Lipinski definition) is 6. The van der Waals surface area contributed by atoms with Gasteiger partial charge in [-0.2, -0.15) is 0 Å². The number of nitrogens with one attached hydrogen (secondary N) is 1. The van der Waals surface area contributed by atoms with Crippen LogP contribution in [0.3, 0.4) is 0 Å². The van der Waals surface area contributed by atoms with Gasteiger partial charge in [0.25, 0.3) is 5.91 Å². The Morgan fingerprint density at radius 3 is 2.35 bits per heavy atom. The van der Waals surface area contributed by atoms with E-state index in [1.165, 1.54) is 6.07 Å². The summed E-state index contributed by atoms with van der Waals surface area (Å²) < 4.78 is 15.2. The number of alkyl carbamates (subject to hydrolysis) is 1. The molecule has 0 atom stereocenters. The van der Waals surface area contributed by atoms with E-state index in [1.54, 1.807) is 25.1 Å². The molecule has 0 fully saturated rings. The quantitative estimate of drug-likeness (QED) is 0.766. The van der Waals surface area contributed by atoms with Gasteiger partial charge in [0.1, 0.15) is 17.9 Å². The summed E-state index contributed by atoms with van der Waals surface area (Å²) in [5.41, 5.74) is 1.14. The first-order valence-corrected chi connectivity index (χ1v) is 7.99. The van der Waals surface area contributed by atoms with Crippen molar-refractivity contribution < 1.29 is 28.6 Å². The Morgan fingerprint density at radius 2 is 1.62 bits per heavy atom. The summed E-state index contributed by atoms with van der Waals surface area (Å²) in [7, 11) is 0. The summed E-state index contributed by atoms with van der Waals surface area (Å²) >= 11 is 0. The molecule has 0 aliphatic carbocycles. The molecule has 0 spiro atoms. The van der Waals surface area contributed by atoms with Crippen molar-refractivity contribution in [1.82, 2.24) is 5.32 Å². The zero-order valence-corrected chi connectivity index (χ0v) is 14.3. The van der Waals surface area contributed by atoms with Gasteiger partial charge in [-0.1, -0.05) is 42.5 Å². The normalized spacial score (nSPS) is 9.88. The smallest absolute Gasteiger partial charge is 0.413 e. The lowest BCUT2D eigenvalue weighted by atomic mass is 10.2. The summed E-state index contributed by atoms with van der Waals surface area (Å²) in [6.07, 6.45) is -0.889. The highest BCUT2D eigenvalue weighted by Crippen LogP contribution is 2.20. The number of carbonyl (C=O) groups excluding carboxylic acids is 3. The van der Waals surface area contributed by atoms with Gasteiger partial charge in [0.2, 0.25) is 0 Å². The van der Waals surface area contributed by atoms with E-state index in [0.29, 0.717) is 5.75 Å². The number of carbonyl (C=O) groups is 3. The molecule has 0 radical (unpaired) electrons. The fraction of sp³-hybridized carbons (Fsp3) is 0.211. The van der Waals surface area contributed by atoms with Gasteiger partial charge in [-0.3, -0.25) is 10.1 Å². The van der Waals surface area contributed by atoms with Crippen molar-refractivity contribution in [2.24, 2.45) is 0 Å². The molecule has 0 aliphatic rings. The maximum absolute atomic E-state index is 12.2. The minimum absolute atomic E-state index is 0.130. The average Bonchev–Trinajstić information content (AvgIpc) is 2.65. The van der Waals surface area contributed by atoms with Gasteiger partial charge in [-0.15, -0.1) is 0 Å². The third-order valence-electron chi connectivity index (χ3n) is 3.20. The van der Waals surface area contributed by atoms with Gasteiger partial charge < -0.3 is 14.2 Å². The third-order valence-corrected chi connectivity index (χ3v) is 3.20. The molecular formula is C19H19NO6. The molecule has 2 rings (SSSR count). The van der Waals surface area contributed by atoms with Crippen molar-refractivity contribution in [3.8, 4) is 5.75 Å². The van der Waals surface area contributed by atoms with Gasteiger partial charge in [0.15, 0.2) is 6.61 Å². The van der Waals surface area contributed by atoms with Crippen molar-refractivity contribution in [1.29, 1.82) is 0 Å². The van der Waals surface area contributed by atoms with Crippen molar-refractivity contribution >= 4 is 18.0 Å². The van der Waals surface area contributed by atoms with Crippen LogP contribution in [0, 0.1) is 0 Å². The predicted octanol–water partition coefficient (Wildman–Crippen LogP) is 2.70. The lowest BCUT2D eigenvalue weighted by Gasteiger charge is -2.11. The third kappa shape index (κ3) is 5.94. The molecule has 0 saturated carbocycles. The number of ether oxygens (including phenoxy) is 3. The Bertz CT molecular complexity index is 760. The molecule has 7 nitrogen and oxygen atoms in total. The zero-order chi connectivity index (χ0) is 18.8. The Morgan fingerprint density at radius 1 is 0.923 bits per heavy atom. The van der Waals surface area contributed by atoms with Gasteiger partial charge >= 0.3 is 12.1 Å². The van der Waals surface area contributed by atoms with Crippen LogP contribution >= 0.6 is 0 Å². The maximum atomic E-state index is 12.2. The van der Waals surface area contributed by atoms with Crippen LogP contribution in [0.15, 0.2) is 54.6 Å². The minimum Gasteiger partial charge on any atom is -0.488 e. The molecule has 1 N–H and O–H groups in total. The van der Waals surface area contributed by atoms with Crippen molar-refractivity contribution in [2.75, 3.05) is 13.2 Å². The Hall–Kier alpha value is -3.35. The van der Waals surface area contributed by atoms with Crippen LogP contribution in [0.5, 0.6) is 5.75 Å². The number of rotatable bonds is 7. The summed E-state index contributed by atoms with van der Waals surface area (Å²) in [5.74, 6) is -1.17. The van der Waals surface area contributed by atoms with Crippen LogP contribution in [0.1, 0.15) is 22.8 Å². The van der Waals surface area contributed by atoms with E-state index >= 15 is 0 Å². The highest BCUT2D eigenvalue weighted by molar-refractivity contribution is 5.96. The summed E-state index contributed by atoms with van der Waals surface area (Å²) in [5, 5.41) is 1.94. The fourth-order valence-corrected chi connectivity index (χ4v) is 2.02. The molecule has 2 aromatic rings. The molecular weight excluding hydrogens is 338 g/mol. The number of amides is 2. The minimum atomic E-state index is -0.889. The van der Waals surface area contributed by atoms with Crippen molar-refractivity contribution in [2.45, 2.75) is 13.5 Å². The van der Waals surface area contributed by atoms with E-state index in [9.17, 15) is 14.4 Å². The molecule has 7 heteroatoms. The first kappa shape index (κ1) is 19.0. The highest BCUT2D eigenvalue weighted by atomic mass is 16.6. The molecule has 0 saturated heterocycles. The van der Waals surface area contributed by atoms with Gasteiger partial charge in [-0.25, -0.2) is 9.59 Å². The van der Waals surface area contributed by atoms with E-state index in [2.05, 4.69) is 4.74 Å². The number of imide groups is 1. The summed E-state index contributed by atoms with van der Waals surface area (Å²) in [4.78, 5) is 34.9. The maximum Gasteiger partial charge on any atom is 0.413 e. The topological polar surface area (TPSA) is 90.9 Å². The average molecular weight is 357 g/mol. The first-order chi connectivity index (χ1) is 12.6. The van der Waals surface area contributed by atoms with Crippen LogP contribution < -0.4 is 10.1 Å². The largest absolute Gasteiger partial charge is 0.488 e. The van der Waals surface area contributed by atoms with Crippen molar-refractivity contribution in [3.63, 3.8) is 0 Å². The van der Waals surface area contributed by atoms with Crippen LogP contribution in [0.4, 0.5) is 4.79 Å². The highest BCUT2D eigenvalue weighted by Gasteiger charge is 2.16. The fourth-order valence-electron chi connectivity index (χ4n) is 2.02. The molecule has 0 aromatic heterocycles. The van der Waals surface area contributed by atoms with Gasteiger partial charge in [0, 0.05) is 0 Å². The van der Waals surface area contributed by atoms with Crippen LogP contribution in [-0.4, -0.2) is 31.2 Å². The number of benzene rings is 2. The molecule has 2 amide bonds. The molecule has 136 valence electrons. The van der Waals surface area contributed by atoms with Gasteiger partial charge in [-0.05, 0) is 24.6 Å². The van der Waals surface area contributed by atoms with E-state index in [0.717, 1.165) is 5.56 Å². The SMILES string of the molecule is CCOC(=O)NC(=O)COC(=O)c1ccccc1OCc1ccccc1. The monoisotopic (exact) mass is 357 g/mol. The van der Waals surface area contributed by atoms with E-state index in [1.807, 2.05) is 35.6 Å². The van der Waals surface area contributed by atoms with Crippen molar-refractivity contribution in [3.05, 3.63) is 65.7 Å². The lowest BCUT2D eigenvalue weighted by molar-refractivity contribution is -0.123. The van der Waals surface area contributed by atoms with Crippen LogP contribution in [0.25, 0.3) is 0 Å². The van der Waals surface area contributed by atoms with Gasteiger partial charge in [0.05, 0.1) is 6.61 Å². The van der Waals surface area contributed by atoms with Crippen LogP contribution in [-0.2, 0) is 20.9 Å².